The molecule has 0 spiro atoms. The average molecular weight is 245 g/mol. The van der Waals surface area contributed by atoms with Gasteiger partial charge in [0, 0.05) is 12.1 Å². The van der Waals surface area contributed by atoms with Gasteiger partial charge in [-0.1, -0.05) is 0 Å². The van der Waals surface area contributed by atoms with Gasteiger partial charge in [0.05, 0.1) is 12.1 Å². The van der Waals surface area contributed by atoms with E-state index in [1.165, 1.54) is 6.07 Å². The molecular formula is C12H13N4O2. The van der Waals surface area contributed by atoms with E-state index in [9.17, 15) is 4.79 Å². The number of nitrogens with two attached hydrogens (primary N) is 2. The zero-order valence-corrected chi connectivity index (χ0v) is 9.72. The zero-order chi connectivity index (χ0) is 13.0. The third-order valence-corrected chi connectivity index (χ3v) is 2.29. The third kappa shape index (κ3) is 2.72. The molecule has 0 aliphatic heterocycles. The van der Waals surface area contributed by atoms with E-state index in [0.29, 0.717) is 30.1 Å². The van der Waals surface area contributed by atoms with Crippen molar-refractivity contribution in [2.24, 2.45) is 11.5 Å². The molecule has 93 valence electrons. The Morgan fingerprint density at radius 2 is 2.22 bits per heavy atom. The third-order valence-electron chi connectivity index (χ3n) is 2.29. The first-order valence-corrected chi connectivity index (χ1v) is 5.53. The topological polar surface area (TPSA) is 104 Å². The first-order valence-electron chi connectivity index (χ1n) is 5.53. The van der Waals surface area contributed by atoms with Crippen molar-refractivity contribution in [1.82, 2.24) is 9.97 Å². The van der Waals surface area contributed by atoms with Crippen LogP contribution in [0.25, 0.3) is 11.0 Å². The molecule has 18 heavy (non-hydrogen) atoms. The monoisotopic (exact) mass is 245 g/mol. The van der Waals surface area contributed by atoms with E-state index in [1.807, 2.05) is 0 Å². The fourth-order valence-electron chi connectivity index (χ4n) is 1.40. The van der Waals surface area contributed by atoms with E-state index in [4.69, 9.17) is 16.2 Å². The molecule has 0 aliphatic carbocycles. The Labute approximate surface area is 104 Å². The summed E-state index contributed by atoms with van der Waals surface area (Å²) in [6.45, 7) is 1.09. The van der Waals surface area contributed by atoms with Crippen LogP contribution in [0.3, 0.4) is 0 Å². The second-order valence-electron chi connectivity index (χ2n) is 3.66. The van der Waals surface area contributed by atoms with Crippen LogP contribution in [-0.2, 0) is 0 Å². The number of rotatable bonds is 5. The fourth-order valence-corrected chi connectivity index (χ4v) is 1.40. The number of carbonyl (C=O) groups excluding carboxylic acids is 1. The lowest BCUT2D eigenvalue weighted by atomic mass is 10.2. The van der Waals surface area contributed by atoms with Crippen molar-refractivity contribution in [2.45, 2.75) is 6.42 Å². The molecule has 1 radical (unpaired) electrons. The molecule has 0 aliphatic rings. The largest absolute Gasteiger partial charge is 0.478 e. The van der Waals surface area contributed by atoms with Crippen molar-refractivity contribution >= 4 is 16.9 Å². The summed E-state index contributed by atoms with van der Waals surface area (Å²) in [7, 11) is 0. The number of nitrogens with zero attached hydrogens (tertiary/aromatic N) is 2. The lowest BCUT2D eigenvalue weighted by Crippen LogP contribution is -2.13. The highest BCUT2D eigenvalue weighted by molar-refractivity contribution is 5.92. The summed E-state index contributed by atoms with van der Waals surface area (Å²) in [5.41, 5.74) is 11.8. The molecule has 0 fully saturated rings. The van der Waals surface area contributed by atoms with Gasteiger partial charge in [-0.3, -0.25) is 4.79 Å². The van der Waals surface area contributed by atoms with Crippen molar-refractivity contribution in [1.29, 1.82) is 0 Å². The first-order chi connectivity index (χ1) is 8.70. The van der Waals surface area contributed by atoms with Crippen molar-refractivity contribution in [3.05, 3.63) is 30.0 Å². The highest BCUT2D eigenvalue weighted by atomic mass is 16.5. The molecule has 4 N–H and O–H groups in total. The number of fused-ring (bicyclic) bond motifs is 1. The normalized spacial score (nSPS) is 10.5. The Kier molecular flexibility index (Phi) is 3.69. The number of pyridine rings is 2. The summed E-state index contributed by atoms with van der Waals surface area (Å²) in [6.07, 6.45) is 0.766. The molecule has 0 saturated carbocycles. The molecule has 1 amide bonds. The quantitative estimate of drug-likeness (QED) is 0.735. The van der Waals surface area contributed by atoms with Gasteiger partial charge in [-0.05, 0) is 25.1 Å². The van der Waals surface area contributed by atoms with Gasteiger partial charge in [-0.2, -0.15) is 0 Å². The average Bonchev–Trinajstić information content (AvgIpc) is 2.38. The maximum absolute atomic E-state index is 11.0. The maximum Gasteiger partial charge on any atom is 0.267 e. The Bertz CT molecular complexity index is 571. The Balaban J connectivity index is 2.24. The fraction of sp³-hybridized carbons (Fsp3) is 0.250. The summed E-state index contributed by atoms with van der Waals surface area (Å²) in [5.74, 6) is -0.0998. The van der Waals surface area contributed by atoms with E-state index in [2.05, 4.69) is 16.0 Å². The highest BCUT2D eigenvalue weighted by Crippen LogP contribution is 2.15. The molecular weight excluding hydrogens is 232 g/mol. The van der Waals surface area contributed by atoms with E-state index in [0.717, 1.165) is 6.42 Å². The minimum absolute atomic E-state index is 0.168. The molecule has 2 rings (SSSR count). The highest BCUT2D eigenvalue weighted by Gasteiger charge is 2.05. The Morgan fingerprint density at radius 3 is 2.94 bits per heavy atom. The number of aromatic nitrogens is 2. The lowest BCUT2D eigenvalue weighted by Gasteiger charge is -2.05. The second kappa shape index (κ2) is 5.42. The van der Waals surface area contributed by atoms with E-state index < -0.39 is 5.91 Å². The van der Waals surface area contributed by atoms with Crippen LogP contribution < -0.4 is 16.2 Å². The number of primary amides is 1. The number of carbonyl (C=O) groups is 1. The van der Waals surface area contributed by atoms with Crippen LogP contribution in [0.15, 0.2) is 18.2 Å². The lowest BCUT2D eigenvalue weighted by molar-refractivity contribution is 0.0996. The Morgan fingerprint density at radius 1 is 1.39 bits per heavy atom. The smallest absolute Gasteiger partial charge is 0.267 e. The molecule has 0 aromatic carbocycles. The van der Waals surface area contributed by atoms with Gasteiger partial charge < -0.3 is 16.2 Å². The molecule has 0 bridgehead atoms. The standard InChI is InChI=1S/C12H13N4O2/c13-6-1-7-18-11-5-4-8-9(16-11)2-3-10(15-8)12(14)17/h3-5H,1,6-7,13H2,(H2,14,17). The molecule has 2 aromatic rings. The van der Waals surface area contributed by atoms with Crippen LogP contribution in [0.4, 0.5) is 0 Å². The molecule has 0 unspecified atom stereocenters. The van der Waals surface area contributed by atoms with Gasteiger partial charge in [0.15, 0.2) is 0 Å². The second-order valence-corrected chi connectivity index (χ2v) is 3.66. The van der Waals surface area contributed by atoms with Gasteiger partial charge in [-0.25, -0.2) is 9.97 Å². The van der Waals surface area contributed by atoms with Crippen LogP contribution in [0.2, 0.25) is 0 Å². The summed E-state index contributed by atoms with van der Waals surface area (Å²) in [4.78, 5) is 19.3. The summed E-state index contributed by atoms with van der Waals surface area (Å²) in [6, 6.07) is 7.67. The molecule has 2 heterocycles. The number of ether oxygens (including phenoxy) is 1. The van der Waals surface area contributed by atoms with E-state index in [1.54, 1.807) is 12.1 Å². The van der Waals surface area contributed by atoms with Crippen LogP contribution in [0.1, 0.15) is 16.9 Å². The molecule has 6 nitrogen and oxygen atoms in total. The van der Waals surface area contributed by atoms with Crippen LogP contribution >= 0.6 is 0 Å². The molecule has 0 saturated heterocycles. The van der Waals surface area contributed by atoms with Crippen molar-refractivity contribution < 1.29 is 9.53 Å². The van der Waals surface area contributed by atoms with Gasteiger partial charge in [-0.15, -0.1) is 0 Å². The number of hydrogen-bond donors (Lipinski definition) is 2. The molecule has 0 atom stereocenters. The van der Waals surface area contributed by atoms with Crippen LogP contribution in [-0.4, -0.2) is 29.0 Å². The van der Waals surface area contributed by atoms with Crippen molar-refractivity contribution in [3.63, 3.8) is 0 Å². The van der Waals surface area contributed by atoms with Gasteiger partial charge in [0.1, 0.15) is 11.2 Å². The van der Waals surface area contributed by atoms with Crippen molar-refractivity contribution in [3.8, 4) is 5.88 Å². The van der Waals surface area contributed by atoms with Crippen LogP contribution in [0, 0.1) is 6.07 Å². The maximum atomic E-state index is 11.0. The predicted octanol–water partition coefficient (Wildman–Crippen LogP) is 0.256. The number of hydrogen-bond acceptors (Lipinski definition) is 5. The van der Waals surface area contributed by atoms with Gasteiger partial charge >= 0.3 is 0 Å². The van der Waals surface area contributed by atoms with Gasteiger partial charge in [0.2, 0.25) is 5.88 Å². The summed E-state index contributed by atoms with van der Waals surface area (Å²) >= 11 is 0. The first kappa shape index (κ1) is 12.3. The minimum Gasteiger partial charge on any atom is -0.478 e. The van der Waals surface area contributed by atoms with Gasteiger partial charge in [0.25, 0.3) is 5.91 Å². The number of amides is 1. The summed E-state index contributed by atoms with van der Waals surface area (Å²) < 4.78 is 5.40. The van der Waals surface area contributed by atoms with Crippen molar-refractivity contribution in [2.75, 3.05) is 13.2 Å². The minimum atomic E-state index is -0.587. The zero-order valence-electron chi connectivity index (χ0n) is 9.72. The Hall–Kier alpha value is -2.21. The SMILES string of the molecule is NCCCOc1ccc2nc(C(N)=O)c[c]c2n1. The van der Waals surface area contributed by atoms with E-state index >= 15 is 0 Å². The summed E-state index contributed by atoms with van der Waals surface area (Å²) in [5, 5.41) is 0. The molecule has 2 aromatic heterocycles. The molecule has 6 heteroatoms. The van der Waals surface area contributed by atoms with Crippen LogP contribution in [0.5, 0.6) is 5.88 Å². The predicted molar refractivity (Wildman–Crippen MR) is 66.1 cm³/mol. The van der Waals surface area contributed by atoms with E-state index in [-0.39, 0.29) is 5.69 Å².